The maximum Gasteiger partial charge on any atom is 0.340 e. The third-order valence-electron chi connectivity index (χ3n) is 2.49. The van der Waals surface area contributed by atoms with Gasteiger partial charge in [0, 0.05) is 18.1 Å². The number of hydrogen-bond donors (Lipinski definition) is 1. The molecule has 0 saturated heterocycles. The van der Waals surface area contributed by atoms with E-state index in [0.717, 1.165) is 0 Å². The van der Waals surface area contributed by atoms with Crippen LogP contribution in [0.2, 0.25) is 0 Å². The summed E-state index contributed by atoms with van der Waals surface area (Å²) in [5.41, 5.74) is 6.32. The third-order valence-corrected chi connectivity index (χ3v) is 3.11. The van der Waals surface area contributed by atoms with Gasteiger partial charge in [0.25, 0.3) is 0 Å². The molecule has 0 atom stereocenters. The quantitative estimate of drug-likeness (QED) is 0.679. The van der Waals surface area contributed by atoms with Crippen LogP contribution in [0.1, 0.15) is 16.2 Å². The summed E-state index contributed by atoms with van der Waals surface area (Å²) >= 11 is 3.33. The Labute approximate surface area is 124 Å². The molecule has 2 aromatic rings. The Balaban J connectivity index is 2.21. The van der Waals surface area contributed by atoms with E-state index in [2.05, 4.69) is 30.6 Å². The number of ether oxygens (including phenoxy) is 2. The van der Waals surface area contributed by atoms with Gasteiger partial charge in [-0.05, 0) is 34.1 Å². The van der Waals surface area contributed by atoms with Gasteiger partial charge < -0.3 is 15.2 Å². The lowest BCUT2D eigenvalue weighted by Crippen LogP contribution is -2.07. The topological polar surface area (TPSA) is 87.3 Å². The highest BCUT2D eigenvalue weighted by molar-refractivity contribution is 9.10. The summed E-state index contributed by atoms with van der Waals surface area (Å²) in [6.07, 6.45) is 3.26. The van der Waals surface area contributed by atoms with Crippen LogP contribution in [0.5, 0.6) is 5.75 Å². The van der Waals surface area contributed by atoms with Crippen LogP contribution >= 0.6 is 15.9 Å². The van der Waals surface area contributed by atoms with E-state index in [-0.39, 0.29) is 12.2 Å². The normalized spacial score (nSPS) is 10.1. The minimum absolute atomic E-state index is 0.184. The highest BCUT2D eigenvalue weighted by atomic mass is 79.9. The van der Waals surface area contributed by atoms with Gasteiger partial charge in [-0.1, -0.05) is 0 Å². The van der Waals surface area contributed by atoms with Gasteiger partial charge in [0.05, 0.1) is 17.1 Å². The van der Waals surface area contributed by atoms with Gasteiger partial charge in [0.1, 0.15) is 12.4 Å². The predicted molar refractivity (Wildman–Crippen MR) is 76.3 cm³/mol. The van der Waals surface area contributed by atoms with Crippen molar-refractivity contribution in [2.75, 3.05) is 12.8 Å². The van der Waals surface area contributed by atoms with Crippen molar-refractivity contribution in [1.29, 1.82) is 0 Å². The van der Waals surface area contributed by atoms with E-state index in [9.17, 15) is 4.79 Å². The molecule has 0 fully saturated rings. The first-order valence-corrected chi connectivity index (χ1v) is 6.47. The van der Waals surface area contributed by atoms with Crippen LogP contribution in [-0.2, 0) is 11.3 Å². The van der Waals surface area contributed by atoms with E-state index in [1.165, 1.54) is 13.2 Å². The zero-order valence-corrected chi connectivity index (χ0v) is 12.3. The minimum atomic E-state index is -0.518. The number of aromatic nitrogens is 2. The fourth-order valence-corrected chi connectivity index (χ4v) is 1.99. The molecule has 1 aromatic carbocycles. The lowest BCUT2D eigenvalue weighted by Gasteiger charge is -2.11. The van der Waals surface area contributed by atoms with E-state index in [4.69, 9.17) is 10.5 Å². The number of carbonyl (C=O) groups is 1. The smallest absolute Gasteiger partial charge is 0.340 e. The van der Waals surface area contributed by atoms with Gasteiger partial charge in [0.15, 0.2) is 5.82 Å². The van der Waals surface area contributed by atoms with Crippen molar-refractivity contribution < 1.29 is 14.3 Å². The first-order valence-electron chi connectivity index (χ1n) is 5.68. The van der Waals surface area contributed by atoms with E-state index in [0.29, 0.717) is 21.7 Å². The van der Waals surface area contributed by atoms with Crippen LogP contribution in [0.15, 0.2) is 35.1 Å². The van der Waals surface area contributed by atoms with Crippen molar-refractivity contribution in [3.8, 4) is 5.75 Å². The average Bonchev–Trinajstić information content (AvgIpc) is 2.46. The molecule has 2 rings (SSSR count). The molecule has 0 aliphatic carbocycles. The van der Waals surface area contributed by atoms with E-state index in [1.54, 1.807) is 24.5 Å². The maximum atomic E-state index is 11.6. The number of nitrogen functional groups attached to an aromatic ring is 1. The summed E-state index contributed by atoms with van der Waals surface area (Å²) in [7, 11) is 1.29. The number of rotatable bonds is 4. The monoisotopic (exact) mass is 337 g/mol. The van der Waals surface area contributed by atoms with Crippen LogP contribution < -0.4 is 10.5 Å². The molecule has 0 unspecified atom stereocenters. The molecule has 7 heteroatoms. The largest absolute Gasteiger partial charge is 0.484 e. The molecule has 0 aliphatic heterocycles. The molecule has 0 saturated carbocycles. The van der Waals surface area contributed by atoms with Gasteiger partial charge in [-0.25, -0.2) is 14.8 Å². The van der Waals surface area contributed by atoms with Gasteiger partial charge in [-0.3, -0.25) is 0 Å². The van der Waals surface area contributed by atoms with Crippen LogP contribution in [0.3, 0.4) is 0 Å². The minimum Gasteiger partial charge on any atom is -0.484 e. The molecule has 1 heterocycles. The van der Waals surface area contributed by atoms with Crippen LogP contribution in [0.4, 0.5) is 5.69 Å². The summed E-state index contributed by atoms with van der Waals surface area (Å²) in [5.74, 6) is 0.485. The lowest BCUT2D eigenvalue weighted by molar-refractivity contribution is 0.0601. The molecular formula is C13H12BrN3O3. The first-order chi connectivity index (χ1) is 9.61. The number of nitrogens with two attached hydrogens (primary N) is 1. The number of halogens is 1. The van der Waals surface area contributed by atoms with Crippen molar-refractivity contribution in [2.45, 2.75) is 6.61 Å². The molecule has 0 bridgehead atoms. The van der Waals surface area contributed by atoms with Crippen LogP contribution in [0.25, 0.3) is 0 Å². The lowest BCUT2D eigenvalue weighted by atomic mass is 10.2. The fourth-order valence-electron chi connectivity index (χ4n) is 1.51. The fraction of sp³-hybridized carbons (Fsp3) is 0.154. The summed E-state index contributed by atoms with van der Waals surface area (Å²) < 4.78 is 10.9. The Morgan fingerprint density at radius 3 is 2.70 bits per heavy atom. The van der Waals surface area contributed by atoms with Gasteiger partial charge in [0.2, 0.25) is 0 Å². The molecule has 0 radical (unpaired) electrons. The summed E-state index contributed by atoms with van der Waals surface area (Å²) in [5, 5.41) is 0. The van der Waals surface area contributed by atoms with E-state index in [1.807, 2.05) is 0 Å². The molecule has 1 aromatic heterocycles. The van der Waals surface area contributed by atoms with Crippen LogP contribution in [-0.4, -0.2) is 23.0 Å². The second kappa shape index (κ2) is 6.33. The second-order valence-corrected chi connectivity index (χ2v) is 4.67. The van der Waals surface area contributed by atoms with Gasteiger partial charge in [-0.15, -0.1) is 0 Å². The first kappa shape index (κ1) is 14.3. The maximum absolute atomic E-state index is 11.6. The number of anilines is 1. The van der Waals surface area contributed by atoms with Crippen molar-refractivity contribution in [2.24, 2.45) is 0 Å². The van der Waals surface area contributed by atoms with E-state index >= 15 is 0 Å². The number of carbonyl (C=O) groups excluding carboxylic acids is 1. The van der Waals surface area contributed by atoms with Crippen molar-refractivity contribution in [1.82, 2.24) is 9.97 Å². The molecule has 0 amide bonds. The molecule has 0 aliphatic rings. The number of hydrogen-bond acceptors (Lipinski definition) is 6. The second-order valence-electron chi connectivity index (χ2n) is 3.82. The van der Waals surface area contributed by atoms with Gasteiger partial charge >= 0.3 is 5.97 Å². The highest BCUT2D eigenvalue weighted by Crippen LogP contribution is 2.31. The van der Waals surface area contributed by atoms with Gasteiger partial charge in [-0.2, -0.15) is 0 Å². The van der Waals surface area contributed by atoms with E-state index < -0.39 is 5.97 Å². The standard InChI is InChI=1S/C13H12BrN3O3/c1-19-13(18)8-5-11(9(14)6-10(8)15)20-7-12-16-3-2-4-17-12/h2-6H,7,15H2,1H3. The number of nitrogens with zero attached hydrogens (tertiary/aromatic N) is 2. The Hall–Kier alpha value is -2.15. The molecular weight excluding hydrogens is 326 g/mol. The Morgan fingerprint density at radius 2 is 2.05 bits per heavy atom. The molecule has 20 heavy (non-hydrogen) atoms. The number of benzene rings is 1. The summed E-state index contributed by atoms with van der Waals surface area (Å²) in [4.78, 5) is 19.7. The zero-order chi connectivity index (χ0) is 14.5. The summed E-state index contributed by atoms with van der Waals surface area (Å²) in [6, 6.07) is 4.83. The molecule has 104 valence electrons. The molecule has 6 nitrogen and oxygen atoms in total. The average molecular weight is 338 g/mol. The Kier molecular flexibility index (Phi) is 4.52. The Morgan fingerprint density at radius 1 is 1.35 bits per heavy atom. The number of esters is 1. The zero-order valence-electron chi connectivity index (χ0n) is 10.7. The predicted octanol–water partition coefficient (Wildman–Crippen LogP) is 2.19. The highest BCUT2D eigenvalue weighted by Gasteiger charge is 2.14. The van der Waals surface area contributed by atoms with Crippen LogP contribution in [0, 0.1) is 0 Å². The Bertz CT molecular complexity index is 620. The summed E-state index contributed by atoms with van der Waals surface area (Å²) in [6.45, 7) is 0.184. The SMILES string of the molecule is COC(=O)c1cc(OCc2ncccn2)c(Br)cc1N. The molecule has 2 N–H and O–H groups in total. The van der Waals surface area contributed by atoms with Crippen molar-refractivity contribution in [3.05, 3.63) is 46.5 Å². The third kappa shape index (κ3) is 3.24. The molecule has 0 spiro atoms. The van der Waals surface area contributed by atoms with Crippen molar-refractivity contribution >= 4 is 27.6 Å². The van der Waals surface area contributed by atoms with Crippen molar-refractivity contribution in [3.63, 3.8) is 0 Å². The number of methoxy groups -OCH3 is 1.